The van der Waals surface area contributed by atoms with Gasteiger partial charge < -0.3 is 9.47 Å². The van der Waals surface area contributed by atoms with Crippen LogP contribution in [0.5, 0.6) is 0 Å². The van der Waals surface area contributed by atoms with Gasteiger partial charge in [-0.05, 0) is 31.2 Å². The Morgan fingerprint density at radius 1 is 1.32 bits per heavy atom. The highest BCUT2D eigenvalue weighted by Crippen LogP contribution is 2.17. The van der Waals surface area contributed by atoms with Crippen LogP contribution in [0.1, 0.15) is 43.6 Å². The molecule has 1 aliphatic rings. The Balaban J connectivity index is 1.89. The van der Waals surface area contributed by atoms with E-state index in [2.05, 4.69) is 5.10 Å². The number of ether oxygens (including phenoxy) is 2. The fourth-order valence-electron chi connectivity index (χ4n) is 3.03. The Bertz CT molecular complexity index is 807. The molecule has 0 bridgehead atoms. The van der Waals surface area contributed by atoms with Crippen molar-refractivity contribution >= 4 is 16.7 Å². The summed E-state index contributed by atoms with van der Waals surface area (Å²) in [6.07, 6.45) is 2.99. The van der Waals surface area contributed by atoms with Crippen LogP contribution in [0.2, 0.25) is 0 Å². The molecule has 1 saturated heterocycles. The standard InChI is InChI=1S/C19H24N2O4/c1-13(2)11-21-18(22)16-9-4-3-8-15(16)17(20-21)19(23)25-12-14-7-5-6-10-24-14/h3-4,8-9,13-14H,5-7,10-12H2,1-2H3/t14-/m0/s1. The zero-order valence-corrected chi connectivity index (χ0v) is 14.7. The smallest absolute Gasteiger partial charge is 0.359 e. The van der Waals surface area contributed by atoms with E-state index >= 15 is 0 Å². The first-order chi connectivity index (χ1) is 12.1. The van der Waals surface area contributed by atoms with Crippen LogP contribution in [0.25, 0.3) is 10.8 Å². The molecule has 2 aromatic rings. The summed E-state index contributed by atoms with van der Waals surface area (Å²) in [5.74, 6) is -0.270. The highest BCUT2D eigenvalue weighted by atomic mass is 16.6. The SMILES string of the molecule is CC(C)Cn1nc(C(=O)OC[C@@H]2CCCCO2)c2ccccc2c1=O. The van der Waals surface area contributed by atoms with Gasteiger partial charge in [-0.25, -0.2) is 9.48 Å². The molecule has 0 amide bonds. The van der Waals surface area contributed by atoms with Crippen LogP contribution in [0.3, 0.4) is 0 Å². The molecular weight excluding hydrogens is 320 g/mol. The lowest BCUT2D eigenvalue weighted by Crippen LogP contribution is -2.30. The second-order valence-electron chi connectivity index (χ2n) is 6.86. The number of benzene rings is 1. The van der Waals surface area contributed by atoms with Crippen molar-refractivity contribution in [2.45, 2.75) is 45.8 Å². The summed E-state index contributed by atoms with van der Waals surface area (Å²) >= 11 is 0. The third kappa shape index (κ3) is 4.07. The molecule has 0 aliphatic carbocycles. The molecular formula is C19H24N2O4. The molecule has 2 heterocycles. The number of carbonyl (C=O) groups excluding carboxylic acids is 1. The maximum atomic E-state index is 12.6. The highest BCUT2D eigenvalue weighted by molar-refractivity contribution is 6.02. The number of esters is 1. The van der Waals surface area contributed by atoms with Gasteiger partial charge in [0.05, 0.1) is 11.5 Å². The van der Waals surface area contributed by atoms with Crippen LogP contribution in [0.15, 0.2) is 29.1 Å². The van der Waals surface area contributed by atoms with Crippen LogP contribution < -0.4 is 5.56 Å². The maximum Gasteiger partial charge on any atom is 0.359 e. The number of aromatic nitrogens is 2. The molecule has 0 N–H and O–H groups in total. The molecule has 134 valence electrons. The summed E-state index contributed by atoms with van der Waals surface area (Å²) < 4.78 is 12.4. The van der Waals surface area contributed by atoms with E-state index in [1.807, 2.05) is 13.8 Å². The summed E-state index contributed by atoms with van der Waals surface area (Å²) in [6, 6.07) is 7.03. The lowest BCUT2D eigenvalue weighted by molar-refractivity contribution is -0.0302. The minimum Gasteiger partial charge on any atom is -0.458 e. The molecule has 1 atom stereocenters. The Morgan fingerprint density at radius 3 is 2.76 bits per heavy atom. The number of hydrogen-bond donors (Lipinski definition) is 0. The van der Waals surface area contributed by atoms with Crippen LogP contribution in [-0.2, 0) is 16.0 Å². The fourth-order valence-corrected chi connectivity index (χ4v) is 3.03. The molecule has 0 saturated carbocycles. The van der Waals surface area contributed by atoms with Gasteiger partial charge in [-0.1, -0.05) is 32.0 Å². The third-order valence-electron chi connectivity index (χ3n) is 4.27. The molecule has 0 unspecified atom stereocenters. The molecule has 1 fully saturated rings. The third-order valence-corrected chi connectivity index (χ3v) is 4.27. The van der Waals surface area contributed by atoms with E-state index in [0.29, 0.717) is 23.9 Å². The van der Waals surface area contributed by atoms with Crippen molar-refractivity contribution in [3.8, 4) is 0 Å². The topological polar surface area (TPSA) is 70.4 Å². The minimum absolute atomic E-state index is 0.0504. The molecule has 25 heavy (non-hydrogen) atoms. The number of nitrogens with zero attached hydrogens (tertiary/aromatic N) is 2. The predicted molar refractivity (Wildman–Crippen MR) is 94.7 cm³/mol. The van der Waals surface area contributed by atoms with E-state index in [0.717, 1.165) is 19.3 Å². The van der Waals surface area contributed by atoms with Crippen molar-refractivity contribution in [1.82, 2.24) is 9.78 Å². The number of carbonyl (C=O) groups is 1. The highest BCUT2D eigenvalue weighted by Gasteiger charge is 2.21. The van der Waals surface area contributed by atoms with Gasteiger partial charge in [0, 0.05) is 18.5 Å². The molecule has 1 aliphatic heterocycles. The normalized spacial score (nSPS) is 17.8. The monoisotopic (exact) mass is 344 g/mol. The van der Waals surface area contributed by atoms with E-state index in [1.54, 1.807) is 24.3 Å². The Hall–Kier alpha value is -2.21. The van der Waals surface area contributed by atoms with Crippen LogP contribution >= 0.6 is 0 Å². The van der Waals surface area contributed by atoms with Crippen molar-refractivity contribution in [2.75, 3.05) is 13.2 Å². The zero-order valence-electron chi connectivity index (χ0n) is 14.7. The Labute approximate surface area is 146 Å². The number of fused-ring (bicyclic) bond motifs is 1. The fraction of sp³-hybridized carbons (Fsp3) is 0.526. The molecule has 1 aromatic carbocycles. The van der Waals surface area contributed by atoms with Crippen molar-refractivity contribution in [1.29, 1.82) is 0 Å². The van der Waals surface area contributed by atoms with Crippen LogP contribution in [0.4, 0.5) is 0 Å². The van der Waals surface area contributed by atoms with Gasteiger partial charge in [-0.15, -0.1) is 0 Å². The molecule has 6 nitrogen and oxygen atoms in total. The second kappa shape index (κ2) is 7.78. The van der Waals surface area contributed by atoms with E-state index in [1.165, 1.54) is 4.68 Å². The lowest BCUT2D eigenvalue weighted by Gasteiger charge is -2.22. The van der Waals surface area contributed by atoms with E-state index < -0.39 is 5.97 Å². The average Bonchev–Trinajstić information content (AvgIpc) is 2.62. The average molecular weight is 344 g/mol. The quantitative estimate of drug-likeness (QED) is 0.780. The molecule has 3 rings (SSSR count). The Morgan fingerprint density at radius 2 is 2.08 bits per heavy atom. The first kappa shape index (κ1) is 17.6. The summed E-state index contributed by atoms with van der Waals surface area (Å²) in [5.41, 5.74) is 0.00289. The van der Waals surface area contributed by atoms with E-state index in [4.69, 9.17) is 9.47 Å². The first-order valence-electron chi connectivity index (χ1n) is 8.85. The molecule has 0 spiro atoms. The summed E-state index contributed by atoms with van der Waals surface area (Å²) in [4.78, 5) is 25.2. The van der Waals surface area contributed by atoms with E-state index in [-0.39, 0.29) is 29.9 Å². The molecule has 1 aromatic heterocycles. The summed E-state index contributed by atoms with van der Waals surface area (Å²) in [5, 5.41) is 5.31. The van der Waals surface area contributed by atoms with Crippen LogP contribution in [-0.4, -0.2) is 35.1 Å². The van der Waals surface area contributed by atoms with Gasteiger partial charge >= 0.3 is 5.97 Å². The lowest BCUT2D eigenvalue weighted by atomic mass is 10.1. The van der Waals surface area contributed by atoms with Gasteiger partial charge in [-0.3, -0.25) is 4.79 Å². The minimum atomic E-state index is -0.511. The van der Waals surface area contributed by atoms with Gasteiger partial charge in [-0.2, -0.15) is 5.10 Å². The summed E-state index contributed by atoms with van der Waals surface area (Å²) in [7, 11) is 0. The van der Waals surface area contributed by atoms with E-state index in [9.17, 15) is 9.59 Å². The van der Waals surface area contributed by atoms with Gasteiger partial charge in [0.15, 0.2) is 5.69 Å². The van der Waals surface area contributed by atoms with Gasteiger partial charge in [0.1, 0.15) is 6.61 Å². The summed E-state index contributed by atoms with van der Waals surface area (Å²) in [6.45, 7) is 5.39. The molecule has 6 heteroatoms. The van der Waals surface area contributed by atoms with Crippen molar-refractivity contribution in [3.63, 3.8) is 0 Å². The van der Waals surface area contributed by atoms with Crippen molar-refractivity contribution in [3.05, 3.63) is 40.3 Å². The van der Waals surface area contributed by atoms with Crippen LogP contribution in [0, 0.1) is 5.92 Å². The zero-order chi connectivity index (χ0) is 17.8. The van der Waals surface area contributed by atoms with Gasteiger partial charge in [0.2, 0.25) is 0 Å². The predicted octanol–water partition coefficient (Wildman–Crippen LogP) is 2.78. The first-order valence-corrected chi connectivity index (χ1v) is 8.85. The maximum absolute atomic E-state index is 12.6. The number of hydrogen-bond acceptors (Lipinski definition) is 5. The largest absolute Gasteiger partial charge is 0.458 e. The van der Waals surface area contributed by atoms with Crippen molar-refractivity contribution in [2.24, 2.45) is 5.92 Å². The van der Waals surface area contributed by atoms with Gasteiger partial charge in [0.25, 0.3) is 5.56 Å². The van der Waals surface area contributed by atoms with Crippen molar-refractivity contribution < 1.29 is 14.3 Å². The second-order valence-corrected chi connectivity index (χ2v) is 6.86. The number of rotatable bonds is 5. The Kier molecular flexibility index (Phi) is 5.48. The molecule has 0 radical (unpaired) electrons.